The van der Waals surface area contributed by atoms with Crippen molar-refractivity contribution in [1.82, 2.24) is 10.2 Å². The lowest BCUT2D eigenvalue weighted by Crippen LogP contribution is -2.43. The van der Waals surface area contributed by atoms with Crippen LogP contribution in [0.2, 0.25) is 0 Å². The SMILES string of the molecule is Cc1ccc(-c2ccc(N3CCCC(N)C3)nn2)c(C)c1. The van der Waals surface area contributed by atoms with Crippen molar-refractivity contribution in [3.63, 3.8) is 0 Å². The van der Waals surface area contributed by atoms with Crippen molar-refractivity contribution in [3.05, 3.63) is 41.5 Å². The predicted octanol–water partition coefficient (Wildman–Crippen LogP) is 2.69. The average molecular weight is 282 g/mol. The molecule has 2 aromatic rings. The van der Waals surface area contributed by atoms with E-state index in [-0.39, 0.29) is 6.04 Å². The van der Waals surface area contributed by atoms with Crippen LogP contribution in [-0.2, 0) is 0 Å². The van der Waals surface area contributed by atoms with Gasteiger partial charge in [-0.2, -0.15) is 0 Å². The molecule has 0 amide bonds. The molecule has 1 aromatic heterocycles. The first kappa shape index (κ1) is 14.0. The van der Waals surface area contributed by atoms with Gasteiger partial charge in [-0.05, 0) is 44.4 Å². The van der Waals surface area contributed by atoms with Gasteiger partial charge in [0.1, 0.15) is 0 Å². The summed E-state index contributed by atoms with van der Waals surface area (Å²) in [7, 11) is 0. The van der Waals surface area contributed by atoms with Gasteiger partial charge in [0.2, 0.25) is 0 Å². The molecule has 4 heteroatoms. The Morgan fingerprint density at radius 3 is 2.67 bits per heavy atom. The number of hydrogen-bond acceptors (Lipinski definition) is 4. The number of nitrogens with two attached hydrogens (primary N) is 1. The topological polar surface area (TPSA) is 55.0 Å². The van der Waals surface area contributed by atoms with Crippen molar-refractivity contribution < 1.29 is 0 Å². The summed E-state index contributed by atoms with van der Waals surface area (Å²) >= 11 is 0. The number of aryl methyl sites for hydroxylation is 2. The van der Waals surface area contributed by atoms with E-state index in [2.05, 4.69) is 59.3 Å². The number of hydrogen-bond donors (Lipinski definition) is 1. The zero-order chi connectivity index (χ0) is 14.8. The van der Waals surface area contributed by atoms with Crippen LogP contribution < -0.4 is 10.6 Å². The highest BCUT2D eigenvalue weighted by molar-refractivity contribution is 5.64. The van der Waals surface area contributed by atoms with Crippen LogP contribution >= 0.6 is 0 Å². The molecule has 0 saturated carbocycles. The highest BCUT2D eigenvalue weighted by atomic mass is 15.3. The van der Waals surface area contributed by atoms with Crippen LogP contribution in [-0.4, -0.2) is 29.3 Å². The molecule has 0 radical (unpaired) electrons. The Balaban J connectivity index is 1.83. The van der Waals surface area contributed by atoms with Crippen LogP contribution in [0, 0.1) is 13.8 Å². The van der Waals surface area contributed by atoms with Gasteiger partial charge in [0.25, 0.3) is 0 Å². The molecule has 4 nitrogen and oxygen atoms in total. The fourth-order valence-corrected chi connectivity index (χ4v) is 2.96. The van der Waals surface area contributed by atoms with Gasteiger partial charge in [-0.3, -0.25) is 0 Å². The van der Waals surface area contributed by atoms with E-state index in [4.69, 9.17) is 5.73 Å². The van der Waals surface area contributed by atoms with E-state index in [9.17, 15) is 0 Å². The Hall–Kier alpha value is -1.94. The highest BCUT2D eigenvalue weighted by Gasteiger charge is 2.18. The van der Waals surface area contributed by atoms with Gasteiger partial charge in [0.15, 0.2) is 5.82 Å². The number of rotatable bonds is 2. The molecule has 0 bridgehead atoms. The number of benzene rings is 1. The molecule has 1 aliphatic rings. The molecule has 0 spiro atoms. The van der Waals surface area contributed by atoms with Crippen molar-refractivity contribution in [3.8, 4) is 11.3 Å². The van der Waals surface area contributed by atoms with Gasteiger partial charge in [-0.1, -0.05) is 23.8 Å². The van der Waals surface area contributed by atoms with Crippen LogP contribution in [0.25, 0.3) is 11.3 Å². The summed E-state index contributed by atoms with van der Waals surface area (Å²) in [6, 6.07) is 10.8. The van der Waals surface area contributed by atoms with Crippen LogP contribution in [0.5, 0.6) is 0 Å². The molecule has 1 saturated heterocycles. The Labute approximate surface area is 126 Å². The smallest absolute Gasteiger partial charge is 0.151 e. The average Bonchev–Trinajstić information content (AvgIpc) is 2.47. The maximum atomic E-state index is 6.03. The van der Waals surface area contributed by atoms with E-state index in [1.165, 1.54) is 11.1 Å². The number of nitrogens with zero attached hydrogens (tertiary/aromatic N) is 3. The van der Waals surface area contributed by atoms with Gasteiger partial charge in [-0.15, -0.1) is 10.2 Å². The second-order valence-corrected chi connectivity index (χ2v) is 5.94. The van der Waals surface area contributed by atoms with Crippen molar-refractivity contribution >= 4 is 5.82 Å². The third kappa shape index (κ3) is 3.05. The molecule has 0 aliphatic carbocycles. The minimum atomic E-state index is 0.250. The fraction of sp³-hybridized carbons (Fsp3) is 0.412. The zero-order valence-corrected chi connectivity index (χ0v) is 12.7. The Morgan fingerprint density at radius 2 is 2.00 bits per heavy atom. The van der Waals surface area contributed by atoms with Crippen molar-refractivity contribution in [1.29, 1.82) is 0 Å². The number of aromatic nitrogens is 2. The van der Waals surface area contributed by atoms with E-state index in [0.717, 1.165) is 43.0 Å². The van der Waals surface area contributed by atoms with Gasteiger partial charge >= 0.3 is 0 Å². The van der Waals surface area contributed by atoms with Gasteiger partial charge in [0.05, 0.1) is 5.69 Å². The molecule has 2 N–H and O–H groups in total. The molecule has 1 fully saturated rings. The predicted molar refractivity (Wildman–Crippen MR) is 86.4 cm³/mol. The lowest BCUT2D eigenvalue weighted by molar-refractivity contribution is 0.502. The lowest BCUT2D eigenvalue weighted by atomic mass is 10.0. The Kier molecular flexibility index (Phi) is 3.88. The molecule has 1 aliphatic heterocycles. The third-order valence-corrected chi connectivity index (χ3v) is 4.09. The van der Waals surface area contributed by atoms with E-state index in [1.807, 2.05) is 0 Å². The summed E-state index contributed by atoms with van der Waals surface area (Å²) in [5.74, 6) is 0.929. The first-order valence-corrected chi connectivity index (χ1v) is 7.55. The molecule has 110 valence electrons. The maximum absolute atomic E-state index is 6.03. The zero-order valence-electron chi connectivity index (χ0n) is 12.7. The van der Waals surface area contributed by atoms with E-state index < -0.39 is 0 Å². The first-order chi connectivity index (χ1) is 10.1. The standard InChI is InChI=1S/C17H22N4/c1-12-5-6-15(13(2)10-12)16-7-8-17(20-19-16)21-9-3-4-14(18)11-21/h5-8,10,14H,3-4,9,11,18H2,1-2H3. The molecule has 1 atom stereocenters. The second kappa shape index (κ2) is 5.82. The molecular weight excluding hydrogens is 260 g/mol. The number of anilines is 1. The summed E-state index contributed by atoms with van der Waals surface area (Å²) in [4.78, 5) is 2.23. The summed E-state index contributed by atoms with van der Waals surface area (Å²) in [6.07, 6.45) is 2.23. The fourth-order valence-electron chi connectivity index (χ4n) is 2.96. The highest BCUT2D eigenvalue weighted by Crippen LogP contribution is 2.24. The summed E-state index contributed by atoms with van der Waals surface area (Å²) in [6.45, 7) is 6.11. The van der Waals surface area contributed by atoms with E-state index >= 15 is 0 Å². The minimum absolute atomic E-state index is 0.250. The van der Waals surface area contributed by atoms with Crippen LogP contribution in [0.3, 0.4) is 0 Å². The maximum Gasteiger partial charge on any atom is 0.151 e. The minimum Gasteiger partial charge on any atom is -0.354 e. The molecular formula is C17H22N4. The largest absolute Gasteiger partial charge is 0.354 e. The van der Waals surface area contributed by atoms with Crippen LogP contribution in [0.15, 0.2) is 30.3 Å². The lowest BCUT2D eigenvalue weighted by Gasteiger charge is -2.31. The van der Waals surface area contributed by atoms with Crippen molar-refractivity contribution in [2.75, 3.05) is 18.0 Å². The van der Waals surface area contributed by atoms with Gasteiger partial charge < -0.3 is 10.6 Å². The summed E-state index contributed by atoms with van der Waals surface area (Å²) in [5, 5.41) is 8.80. The molecule has 3 rings (SSSR count). The quantitative estimate of drug-likeness (QED) is 0.920. The molecule has 1 aromatic carbocycles. The van der Waals surface area contributed by atoms with Gasteiger partial charge in [-0.25, -0.2) is 0 Å². The molecule has 2 heterocycles. The van der Waals surface area contributed by atoms with E-state index in [0.29, 0.717) is 0 Å². The van der Waals surface area contributed by atoms with Gasteiger partial charge in [0, 0.05) is 24.7 Å². The second-order valence-electron chi connectivity index (χ2n) is 5.94. The van der Waals surface area contributed by atoms with Crippen LogP contribution in [0.1, 0.15) is 24.0 Å². The summed E-state index contributed by atoms with van der Waals surface area (Å²) < 4.78 is 0. The Bertz CT molecular complexity index is 621. The van der Waals surface area contributed by atoms with Crippen molar-refractivity contribution in [2.45, 2.75) is 32.7 Å². The molecule has 21 heavy (non-hydrogen) atoms. The third-order valence-electron chi connectivity index (χ3n) is 4.09. The van der Waals surface area contributed by atoms with Crippen molar-refractivity contribution in [2.24, 2.45) is 5.73 Å². The first-order valence-electron chi connectivity index (χ1n) is 7.55. The van der Waals surface area contributed by atoms with Crippen LogP contribution in [0.4, 0.5) is 5.82 Å². The molecule has 1 unspecified atom stereocenters. The monoisotopic (exact) mass is 282 g/mol. The Morgan fingerprint density at radius 1 is 1.14 bits per heavy atom. The van der Waals surface area contributed by atoms with E-state index in [1.54, 1.807) is 0 Å². The number of piperidine rings is 1. The summed E-state index contributed by atoms with van der Waals surface area (Å²) in [5.41, 5.74) is 10.6. The normalized spacial score (nSPS) is 18.8.